The number of amides is 1. The van der Waals surface area contributed by atoms with Crippen molar-refractivity contribution in [3.8, 4) is 0 Å². The molecule has 0 aliphatic carbocycles. The zero-order valence-electron chi connectivity index (χ0n) is 14.6. The number of aromatic amines is 1. The summed E-state index contributed by atoms with van der Waals surface area (Å²) in [6, 6.07) is 12.2. The van der Waals surface area contributed by atoms with Gasteiger partial charge in [-0.3, -0.25) is 4.79 Å². The van der Waals surface area contributed by atoms with E-state index in [2.05, 4.69) is 4.98 Å². The number of H-pyrrole nitrogens is 1. The Kier molecular flexibility index (Phi) is 5.26. The first-order valence-electron chi connectivity index (χ1n) is 8.02. The Morgan fingerprint density at radius 2 is 1.78 bits per heavy atom. The minimum absolute atomic E-state index is 0.0610. The number of rotatable bonds is 4. The number of carbonyl (C=O) groups is 2. The van der Waals surface area contributed by atoms with Crippen molar-refractivity contribution in [2.45, 2.75) is 0 Å². The number of hydrogen-bond acceptors (Lipinski definition) is 2. The first-order chi connectivity index (χ1) is 12.8. The summed E-state index contributed by atoms with van der Waals surface area (Å²) >= 11 is 12.4. The van der Waals surface area contributed by atoms with Crippen LogP contribution in [0.2, 0.25) is 10.0 Å². The molecule has 1 heterocycles. The first kappa shape index (κ1) is 19.0. The molecule has 27 heavy (non-hydrogen) atoms. The molecule has 7 heteroatoms. The number of carboxylic acids is 1. The van der Waals surface area contributed by atoms with Gasteiger partial charge >= 0.3 is 5.97 Å². The van der Waals surface area contributed by atoms with Crippen LogP contribution in [-0.4, -0.2) is 41.0 Å². The number of aromatic nitrogens is 1. The van der Waals surface area contributed by atoms with Crippen molar-refractivity contribution in [1.82, 2.24) is 9.88 Å². The lowest BCUT2D eigenvalue weighted by Gasteiger charge is -2.14. The minimum Gasteiger partial charge on any atom is -0.477 e. The number of carbonyl (C=O) groups excluding carboxylic acids is 1. The van der Waals surface area contributed by atoms with Gasteiger partial charge in [0.1, 0.15) is 5.69 Å². The Bertz CT molecular complexity index is 1070. The molecule has 0 saturated heterocycles. The fraction of sp³-hybridized carbons (Fsp3) is 0.100. The molecule has 3 aromatic rings. The zero-order valence-corrected chi connectivity index (χ0v) is 16.1. The molecule has 0 unspecified atom stereocenters. The summed E-state index contributed by atoms with van der Waals surface area (Å²) in [5.41, 5.74) is 1.78. The normalized spacial score (nSPS) is 11.6. The highest BCUT2D eigenvalue weighted by molar-refractivity contribution is 6.39. The second-order valence-corrected chi connectivity index (χ2v) is 7.00. The highest BCUT2D eigenvalue weighted by Gasteiger charge is 2.21. The summed E-state index contributed by atoms with van der Waals surface area (Å²) in [4.78, 5) is 28.8. The molecule has 5 nitrogen and oxygen atoms in total. The van der Waals surface area contributed by atoms with Crippen LogP contribution in [0.15, 0.2) is 42.5 Å². The largest absolute Gasteiger partial charge is 0.477 e. The molecule has 0 aliphatic heterocycles. The summed E-state index contributed by atoms with van der Waals surface area (Å²) in [5.74, 6) is -1.41. The highest BCUT2D eigenvalue weighted by Crippen LogP contribution is 2.35. The summed E-state index contributed by atoms with van der Waals surface area (Å²) in [7, 11) is 3.28. The monoisotopic (exact) mass is 402 g/mol. The van der Waals surface area contributed by atoms with E-state index in [1.165, 1.54) is 11.0 Å². The average Bonchev–Trinajstić information content (AvgIpc) is 2.98. The van der Waals surface area contributed by atoms with Gasteiger partial charge in [0.2, 0.25) is 0 Å². The fourth-order valence-corrected chi connectivity index (χ4v) is 3.45. The second-order valence-electron chi connectivity index (χ2n) is 6.15. The molecule has 2 N–H and O–H groups in total. The van der Waals surface area contributed by atoms with E-state index in [4.69, 9.17) is 23.2 Å². The van der Waals surface area contributed by atoms with Crippen LogP contribution in [0.1, 0.15) is 21.6 Å². The van der Waals surface area contributed by atoms with E-state index in [1.807, 2.05) is 18.2 Å². The number of nitrogens with one attached hydrogen (secondary N) is 1. The average molecular weight is 403 g/mol. The smallest absolute Gasteiger partial charge is 0.352 e. The van der Waals surface area contributed by atoms with Gasteiger partial charge in [-0.05, 0) is 23.8 Å². The van der Waals surface area contributed by atoms with E-state index in [0.717, 1.165) is 0 Å². The maximum atomic E-state index is 12.8. The van der Waals surface area contributed by atoms with Gasteiger partial charge in [0.25, 0.3) is 5.91 Å². The predicted octanol–water partition coefficient (Wildman–Crippen LogP) is 4.80. The molecule has 0 fully saturated rings. The van der Waals surface area contributed by atoms with Gasteiger partial charge in [0.05, 0.1) is 5.02 Å². The molecule has 0 aliphatic rings. The topological polar surface area (TPSA) is 73.4 Å². The van der Waals surface area contributed by atoms with Gasteiger partial charge in [-0.2, -0.15) is 0 Å². The Hall–Kier alpha value is -2.76. The SMILES string of the molecule is CN(C)C(=O)/C(=C/c1c(C(=O)O)[nH]c2cc(Cl)cc(Cl)c12)c1ccccc1. The van der Waals surface area contributed by atoms with E-state index in [-0.39, 0.29) is 11.6 Å². The van der Waals surface area contributed by atoms with Crippen molar-refractivity contribution in [2.24, 2.45) is 0 Å². The second kappa shape index (κ2) is 7.47. The molecule has 2 aromatic carbocycles. The Labute approximate surface area is 165 Å². The first-order valence-corrected chi connectivity index (χ1v) is 8.78. The third-order valence-electron chi connectivity index (χ3n) is 4.08. The number of fused-ring (bicyclic) bond motifs is 1. The third-order valence-corrected chi connectivity index (χ3v) is 4.59. The van der Waals surface area contributed by atoms with Gasteiger partial charge in [-0.25, -0.2) is 4.79 Å². The van der Waals surface area contributed by atoms with E-state index in [9.17, 15) is 14.7 Å². The molecule has 1 amide bonds. The number of hydrogen-bond donors (Lipinski definition) is 2. The lowest BCUT2D eigenvalue weighted by Crippen LogP contribution is -2.22. The maximum absolute atomic E-state index is 12.8. The molecule has 0 saturated carbocycles. The van der Waals surface area contributed by atoms with E-state index < -0.39 is 5.97 Å². The van der Waals surface area contributed by atoms with Crippen LogP contribution in [0, 0.1) is 0 Å². The van der Waals surface area contributed by atoms with Crippen molar-refractivity contribution in [3.05, 3.63) is 69.3 Å². The molecule has 0 atom stereocenters. The number of benzene rings is 2. The van der Waals surface area contributed by atoms with Gasteiger partial charge in [0.15, 0.2) is 0 Å². The molecule has 0 radical (unpaired) electrons. The molecule has 0 spiro atoms. The third kappa shape index (κ3) is 3.70. The van der Waals surface area contributed by atoms with Gasteiger partial charge in [-0.15, -0.1) is 0 Å². The summed E-state index contributed by atoms with van der Waals surface area (Å²) in [6.45, 7) is 0. The maximum Gasteiger partial charge on any atom is 0.352 e. The number of aromatic carboxylic acids is 1. The van der Waals surface area contributed by atoms with Gasteiger partial charge < -0.3 is 15.0 Å². The molecule has 0 bridgehead atoms. The quantitative estimate of drug-likeness (QED) is 0.615. The number of halogens is 2. The summed E-state index contributed by atoms with van der Waals surface area (Å²) < 4.78 is 0. The van der Waals surface area contributed by atoms with Crippen LogP contribution >= 0.6 is 23.2 Å². The Balaban J connectivity index is 2.35. The van der Waals surface area contributed by atoms with E-state index in [1.54, 1.807) is 38.4 Å². The standard InChI is InChI=1S/C20H16Cl2N2O3/c1-24(2)19(25)13(11-6-4-3-5-7-11)10-14-17-15(22)8-12(21)9-16(17)23-18(14)20(26)27/h3-10,23H,1-2H3,(H,26,27)/b13-10+. The van der Waals surface area contributed by atoms with Crippen LogP contribution in [0.5, 0.6) is 0 Å². The molecule has 1 aromatic heterocycles. The van der Waals surface area contributed by atoms with Crippen LogP contribution in [-0.2, 0) is 4.79 Å². The van der Waals surface area contributed by atoms with Crippen LogP contribution < -0.4 is 0 Å². The number of likely N-dealkylation sites (N-methyl/N-ethyl adjacent to an activating group) is 1. The minimum atomic E-state index is -1.16. The lowest BCUT2D eigenvalue weighted by atomic mass is 10.00. The molecular formula is C20H16Cl2N2O3. The van der Waals surface area contributed by atoms with Gasteiger partial charge in [0, 0.05) is 41.2 Å². The van der Waals surface area contributed by atoms with Crippen LogP contribution in [0.4, 0.5) is 0 Å². The molecule has 138 valence electrons. The van der Waals surface area contributed by atoms with Crippen molar-refractivity contribution >= 4 is 57.6 Å². The van der Waals surface area contributed by atoms with Crippen LogP contribution in [0.3, 0.4) is 0 Å². The van der Waals surface area contributed by atoms with Crippen molar-refractivity contribution < 1.29 is 14.7 Å². The highest BCUT2D eigenvalue weighted by atomic mass is 35.5. The number of carboxylic acid groups (broad SMARTS) is 1. The number of nitrogens with zero attached hydrogens (tertiary/aromatic N) is 1. The lowest BCUT2D eigenvalue weighted by molar-refractivity contribution is -0.122. The summed E-state index contributed by atoms with van der Waals surface area (Å²) in [6.07, 6.45) is 1.56. The van der Waals surface area contributed by atoms with Crippen molar-refractivity contribution in [2.75, 3.05) is 14.1 Å². The fourth-order valence-electron chi connectivity index (χ4n) is 2.86. The van der Waals surface area contributed by atoms with Crippen molar-refractivity contribution in [3.63, 3.8) is 0 Å². The van der Waals surface area contributed by atoms with E-state index in [0.29, 0.717) is 37.6 Å². The zero-order chi connectivity index (χ0) is 19.7. The Morgan fingerprint density at radius 1 is 1.11 bits per heavy atom. The molecule has 3 rings (SSSR count). The molecular weight excluding hydrogens is 387 g/mol. The Morgan fingerprint density at radius 3 is 2.37 bits per heavy atom. The van der Waals surface area contributed by atoms with E-state index >= 15 is 0 Å². The van der Waals surface area contributed by atoms with Crippen LogP contribution in [0.25, 0.3) is 22.6 Å². The predicted molar refractivity (Wildman–Crippen MR) is 108 cm³/mol. The van der Waals surface area contributed by atoms with Crippen molar-refractivity contribution in [1.29, 1.82) is 0 Å². The summed E-state index contributed by atoms with van der Waals surface area (Å²) in [5, 5.41) is 10.8. The van der Waals surface area contributed by atoms with Gasteiger partial charge in [-0.1, -0.05) is 53.5 Å².